The van der Waals surface area contributed by atoms with Crippen LogP contribution in [0.25, 0.3) is 0 Å². The van der Waals surface area contributed by atoms with Gasteiger partial charge < -0.3 is 4.74 Å². The average molecular weight is 479 g/mol. The Morgan fingerprint density at radius 3 is 1.86 bits per heavy atom. The van der Waals surface area contributed by atoms with E-state index in [1.54, 1.807) is 12.1 Å². The van der Waals surface area contributed by atoms with Crippen molar-refractivity contribution in [2.24, 2.45) is 0 Å². The smallest absolute Gasteiger partial charge is 0.398 e. The summed E-state index contributed by atoms with van der Waals surface area (Å²) in [7, 11) is 0. The summed E-state index contributed by atoms with van der Waals surface area (Å²) in [6, 6.07) is 19.5. The number of aryl methyl sites for hydroxylation is 3. The van der Waals surface area contributed by atoms with Crippen molar-refractivity contribution in [1.82, 2.24) is 0 Å². The Balaban J connectivity index is 1.52. The minimum Gasteiger partial charge on any atom is -0.432 e. The van der Waals surface area contributed by atoms with Gasteiger partial charge >= 0.3 is 6.11 Å². The van der Waals surface area contributed by atoms with Gasteiger partial charge in [0.05, 0.1) is 6.42 Å². The van der Waals surface area contributed by atoms with Crippen LogP contribution < -0.4 is 4.74 Å². The molecule has 0 aliphatic rings. The van der Waals surface area contributed by atoms with Gasteiger partial charge in [-0.2, -0.15) is 8.78 Å². The molecule has 0 bridgehead atoms. The third-order valence-electron chi connectivity index (χ3n) is 5.84. The highest BCUT2D eigenvalue weighted by Crippen LogP contribution is 2.28. The van der Waals surface area contributed by atoms with Gasteiger partial charge in [0.25, 0.3) is 0 Å². The molecule has 0 saturated carbocycles. The van der Waals surface area contributed by atoms with Crippen molar-refractivity contribution < 1.29 is 17.9 Å². The number of hydrogen-bond donors (Lipinski definition) is 0. The van der Waals surface area contributed by atoms with Crippen LogP contribution in [0.1, 0.15) is 73.8 Å². The second-order valence-electron chi connectivity index (χ2n) is 8.84. The van der Waals surface area contributed by atoms with Crippen LogP contribution in [0.3, 0.4) is 0 Å². The first-order valence-corrected chi connectivity index (χ1v) is 12.4. The van der Waals surface area contributed by atoms with Crippen molar-refractivity contribution in [3.05, 3.63) is 100 Å². The predicted molar refractivity (Wildman–Crippen MR) is 136 cm³/mol. The largest absolute Gasteiger partial charge is 0.432 e. The highest BCUT2D eigenvalue weighted by Gasteiger charge is 2.31. The molecule has 0 radical (unpaired) electrons. The summed E-state index contributed by atoms with van der Waals surface area (Å²) in [6.45, 7) is 4.23. The van der Waals surface area contributed by atoms with Crippen molar-refractivity contribution in [3.63, 3.8) is 0 Å². The van der Waals surface area contributed by atoms with Gasteiger partial charge in [0.2, 0.25) is 0 Å². The summed E-state index contributed by atoms with van der Waals surface area (Å²) >= 11 is 0. The van der Waals surface area contributed by atoms with Gasteiger partial charge in [0.15, 0.2) is 0 Å². The van der Waals surface area contributed by atoms with Crippen molar-refractivity contribution in [1.29, 1.82) is 0 Å². The Morgan fingerprint density at radius 2 is 1.31 bits per heavy atom. The van der Waals surface area contributed by atoms with Crippen LogP contribution in [-0.4, -0.2) is 6.11 Å². The van der Waals surface area contributed by atoms with E-state index in [1.165, 1.54) is 17.7 Å². The monoisotopic (exact) mass is 478 g/mol. The minimum atomic E-state index is -3.39. The lowest BCUT2D eigenvalue weighted by atomic mass is 10.1. The van der Waals surface area contributed by atoms with E-state index in [1.807, 2.05) is 24.3 Å². The van der Waals surface area contributed by atoms with Crippen LogP contribution in [0.2, 0.25) is 0 Å². The maximum atomic E-state index is 14.4. The van der Waals surface area contributed by atoms with Gasteiger partial charge in [-0.1, -0.05) is 75.3 Å². The van der Waals surface area contributed by atoms with Crippen molar-refractivity contribution in [3.8, 4) is 17.6 Å². The molecule has 184 valence electrons. The van der Waals surface area contributed by atoms with Gasteiger partial charge in [-0.15, -0.1) is 0 Å². The topological polar surface area (TPSA) is 9.23 Å². The summed E-state index contributed by atoms with van der Waals surface area (Å²) < 4.78 is 47.8. The van der Waals surface area contributed by atoms with Gasteiger partial charge in [-0.05, 0) is 72.7 Å². The Morgan fingerprint density at radius 1 is 0.714 bits per heavy atom. The van der Waals surface area contributed by atoms with Crippen LogP contribution in [0.5, 0.6) is 5.75 Å². The van der Waals surface area contributed by atoms with Crippen LogP contribution in [-0.2, 0) is 19.3 Å². The Bertz CT molecular complexity index is 1120. The van der Waals surface area contributed by atoms with Crippen LogP contribution in [0.15, 0.2) is 66.7 Å². The van der Waals surface area contributed by atoms with Crippen LogP contribution >= 0.6 is 0 Å². The lowest BCUT2D eigenvalue weighted by molar-refractivity contribution is -0.180. The van der Waals surface area contributed by atoms with Crippen molar-refractivity contribution in [2.45, 2.75) is 71.3 Å². The Labute approximate surface area is 207 Å². The lowest BCUT2D eigenvalue weighted by Gasteiger charge is -2.18. The molecule has 0 unspecified atom stereocenters. The fourth-order valence-electron chi connectivity index (χ4n) is 3.82. The summed E-state index contributed by atoms with van der Waals surface area (Å²) in [4.78, 5) is 0. The zero-order valence-corrected chi connectivity index (χ0v) is 20.5. The summed E-state index contributed by atoms with van der Waals surface area (Å²) in [5.74, 6) is 5.60. The SMILES string of the molecule is CCCCCc1ccc(OC(F)(F)CCc2ccc(C#Cc3ccc(CCC)cc3)cc2)cc1F. The molecule has 0 fully saturated rings. The normalized spacial score (nSPS) is 11.1. The first kappa shape index (κ1) is 26.4. The predicted octanol–water partition coefficient (Wildman–Crippen LogP) is 8.52. The molecule has 0 aliphatic heterocycles. The highest BCUT2D eigenvalue weighted by atomic mass is 19.3. The highest BCUT2D eigenvalue weighted by molar-refractivity contribution is 5.44. The quantitative estimate of drug-likeness (QED) is 0.198. The number of benzene rings is 3. The molecule has 1 nitrogen and oxygen atoms in total. The number of halogens is 3. The summed E-state index contributed by atoms with van der Waals surface area (Å²) in [5.41, 5.74) is 4.36. The fraction of sp³-hybridized carbons (Fsp3) is 0.355. The second-order valence-corrected chi connectivity index (χ2v) is 8.84. The Kier molecular flexibility index (Phi) is 9.85. The van der Waals surface area contributed by atoms with Crippen molar-refractivity contribution >= 4 is 0 Å². The zero-order chi connectivity index (χ0) is 25.1. The fourth-order valence-corrected chi connectivity index (χ4v) is 3.82. The third-order valence-corrected chi connectivity index (χ3v) is 5.84. The van der Waals surface area contributed by atoms with Gasteiger partial charge in [0, 0.05) is 17.2 Å². The van der Waals surface area contributed by atoms with Gasteiger partial charge in [-0.3, -0.25) is 0 Å². The molecule has 0 aromatic heterocycles. The summed E-state index contributed by atoms with van der Waals surface area (Å²) in [5, 5.41) is 0. The molecule has 35 heavy (non-hydrogen) atoms. The molecule has 0 heterocycles. The van der Waals surface area contributed by atoms with E-state index >= 15 is 0 Å². The van der Waals surface area contributed by atoms with E-state index < -0.39 is 18.3 Å². The molecule has 0 spiro atoms. The number of rotatable bonds is 11. The number of ether oxygens (including phenoxy) is 1. The summed E-state index contributed by atoms with van der Waals surface area (Å²) in [6.07, 6.45) is 1.94. The molecule has 4 heteroatoms. The molecule has 0 N–H and O–H groups in total. The van der Waals surface area contributed by atoms with Gasteiger partial charge in [0.1, 0.15) is 11.6 Å². The molecule has 0 amide bonds. The first-order valence-electron chi connectivity index (χ1n) is 12.4. The first-order chi connectivity index (χ1) is 16.9. The molecule has 3 aromatic rings. The van der Waals surface area contributed by atoms with Gasteiger partial charge in [-0.25, -0.2) is 4.39 Å². The van der Waals surface area contributed by atoms with Crippen molar-refractivity contribution in [2.75, 3.05) is 0 Å². The molecule has 0 saturated heterocycles. The van der Waals surface area contributed by atoms with Crippen LogP contribution in [0, 0.1) is 17.7 Å². The molecular formula is C31H33F3O. The van der Waals surface area contributed by atoms with E-state index in [-0.39, 0.29) is 12.2 Å². The molecule has 3 rings (SSSR count). The Hall–Kier alpha value is -3.19. The van der Waals surface area contributed by atoms with E-state index in [9.17, 15) is 13.2 Å². The molecule has 0 aliphatic carbocycles. The van der Waals surface area contributed by atoms with E-state index in [0.717, 1.165) is 54.9 Å². The molecular weight excluding hydrogens is 445 g/mol. The number of unbranched alkanes of at least 4 members (excludes halogenated alkanes) is 2. The van der Waals surface area contributed by atoms with E-state index in [2.05, 4.69) is 37.8 Å². The second kappa shape index (κ2) is 13.0. The maximum absolute atomic E-state index is 14.4. The van der Waals surface area contributed by atoms with E-state index in [4.69, 9.17) is 4.74 Å². The minimum absolute atomic E-state index is 0.136. The standard InChI is InChI=1S/C31H33F3O/c1-3-5-6-8-28-19-20-29(23-30(28)32)35-31(33,34)22-21-27-17-15-26(16-18-27)14-13-25-11-9-24(7-4-2)10-12-25/h9-12,15-20,23H,3-8,21-22H2,1-2H3. The molecule has 3 aromatic carbocycles. The number of hydrogen-bond acceptors (Lipinski definition) is 1. The zero-order valence-electron chi connectivity index (χ0n) is 20.5. The maximum Gasteiger partial charge on any atom is 0.398 e. The van der Waals surface area contributed by atoms with E-state index in [0.29, 0.717) is 12.0 Å². The van der Waals surface area contributed by atoms with Crippen LogP contribution in [0.4, 0.5) is 13.2 Å². The molecule has 0 atom stereocenters. The number of alkyl halides is 2. The third kappa shape index (κ3) is 8.83. The average Bonchev–Trinajstić information content (AvgIpc) is 2.84. The lowest BCUT2D eigenvalue weighted by Crippen LogP contribution is -2.25.